The Morgan fingerprint density at radius 3 is 2.47 bits per heavy atom. The number of amides is 1. The fourth-order valence-electron chi connectivity index (χ4n) is 4.25. The maximum atomic E-state index is 13.3. The van der Waals surface area contributed by atoms with Crippen molar-refractivity contribution in [3.63, 3.8) is 0 Å². The van der Waals surface area contributed by atoms with Gasteiger partial charge in [0.2, 0.25) is 0 Å². The molecule has 0 radical (unpaired) electrons. The molecule has 2 heterocycles. The van der Waals surface area contributed by atoms with E-state index >= 15 is 0 Å². The molecule has 3 aromatic rings. The standard InChI is InChI=1S/C28H28N2O4/c1-5-34-23-13-10-19(15-22(23)17(2)3)26(31)24-25(20-7-6-14-29-16-20)30(28(33)27(24)32)21-11-8-18(4)9-12-21/h6-17,25,31H,5H2,1-4H3/b26-24-. The highest BCUT2D eigenvalue weighted by Gasteiger charge is 2.47. The summed E-state index contributed by atoms with van der Waals surface area (Å²) in [5, 5.41) is 11.4. The van der Waals surface area contributed by atoms with Crippen LogP contribution < -0.4 is 9.64 Å². The van der Waals surface area contributed by atoms with Gasteiger partial charge in [0.25, 0.3) is 11.7 Å². The van der Waals surface area contributed by atoms with Gasteiger partial charge in [-0.3, -0.25) is 19.5 Å². The minimum atomic E-state index is -0.800. The smallest absolute Gasteiger partial charge is 0.300 e. The molecule has 0 bridgehead atoms. The fraction of sp³-hybridized carbons (Fsp3) is 0.250. The van der Waals surface area contributed by atoms with Gasteiger partial charge in [-0.2, -0.15) is 0 Å². The molecular formula is C28H28N2O4. The molecule has 0 aliphatic carbocycles. The third-order valence-electron chi connectivity index (χ3n) is 5.96. The van der Waals surface area contributed by atoms with Gasteiger partial charge in [0, 0.05) is 23.6 Å². The molecule has 0 spiro atoms. The molecule has 1 saturated heterocycles. The number of carbonyl (C=O) groups is 2. The normalized spacial score (nSPS) is 17.4. The Balaban J connectivity index is 1.91. The number of benzene rings is 2. The molecule has 4 rings (SSSR count). The fourth-order valence-corrected chi connectivity index (χ4v) is 4.25. The Kier molecular flexibility index (Phi) is 6.50. The third-order valence-corrected chi connectivity index (χ3v) is 5.96. The van der Waals surface area contributed by atoms with Crippen LogP contribution in [0.25, 0.3) is 5.76 Å². The van der Waals surface area contributed by atoms with Crippen LogP contribution in [0.1, 0.15) is 55.0 Å². The van der Waals surface area contributed by atoms with Crippen molar-refractivity contribution in [2.45, 2.75) is 39.7 Å². The number of rotatable bonds is 6. The van der Waals surface area contributed by atoms with Crippen molar-refractivity contribution in [3.05, 3.63) is 94.8 Å². The van der Waals surface area contributed by atoms with Gasteiger partial charge < -0.3 is 9.84 Å². The number of aryl methyl sites for hydroxylation is 1. The first-order valence-corrected chi connectivity index (χ1v) is 11.4. The Bertz CT molecular complexity index is 1250. The van der Waals surface area contributed by atoms with Gasteiger partial charge in [-0.25, -0.2) is 0 Å². The number of ketones is 1. The van der Waals surface area contributed by atoms with Crippen molar-refractivity contribution in [1.82, 2.24) is 4.98 Å². The van der Waals surface area contributed by atoms with Crippen molar-refractivity contribution in [2.24, 2.45) is 0 Å². The molecule has 34 heavy (non-hydrogen) atoms. The minimum absolute atomic E-state index is 0.0393. The maximum Gasteiger partial charge on any atom is 0.300 e. The highest BCUT2D eigenvalue weighted by Crippen LogP contribution is 2.42. The number of aliphatic hydroxyl groups is 1. The van der Waals surface area contributed by atoms with E-state index in [0.717, 1.165) is 16.9 Å². The zero-order valence-corrected chi connectivity index (χ0v) is 19.8. The highest BCUT2D eigenvalue weighted by molar-refractivity contribution is 6.51. The summed E-state index contributed by atoms with van der Waals surface area (Å²) in [6, 6.07) is 15.5. The van der Waals surface area contributed by atoms with E-state index in [2.05, 4.69) is 4.98 Å². The lowest BCUT2D eigenvalue weighted by atomic mass is 9.93. The lowest BCUT2D eigenvalue weighted by molar-refractivity contribution is -0.132. The van der Waals surface area contributed by atoms with E-state index in [-0.39, 0.29) is 17.3 Å². The monoisotopic (exact) mass is 456 g/mol. The summed E-state index contributed by atoms with van der Waals surface area (Å²) in [6.07, 6.45) is 3.24. The van der Waals surface area contributed by atoms with Crippen LogP contribution in [0.4, 0.5) is 5.69 Å². The van der Waals surface area contributed by atoms with Gasteiger partial charge in [-0.15, -0.1) is 0 Å². The van der Waals surface area contributed by atoms with E-state index < -0.39 is 17.7 Å². The van der Waals surface area contributed by atoms with Crippen LogP contribution in [-0.4, -0.2) is 28.4 Å². The van der Waals surface area contributed by atoms with Crippen LogP contribution in [-0.2, 0) is 9.59 Å². The number of anilines is 1. The van der Waals surface area contributed by atoms with Crippen LogP contribution in [0, 0.1) is 6.92 Å². The topological polar surface area (TPSA) is 79.7 Å². The lowest BCUT2D eigenvalue weighted by Gasteiger charge is -2.25. The zero-order valence-electron chi connectivity index (χ0n) is 19.8. The molecule has 0 saturated carbocycles. The molecule has 6 heteroatoms. The number of Topliss-reactive ketones (excluding diaryl/α,β-unsaturated/α-hetero) is 1. The van der Waals surface area contributed by atoms with E-state index in [1.165, 1.54) is 4.90 Å². The van der Waals surface area contributed by atoms with E-state index in [0.29, 0.717) is 23.4 Å². The Hall–Kier alpha value is -3.93. The number of hydrogen-bond acceptors (Lipinski definition) is 5. The summed E-state index contributed by atoms with van der Waals surface area (Å²) in [7, 11) is 0. The Morgan fingerprint density at radius 1 is 1.12 bits per heavy atom. The Morgan fingerprint density at radius 2 is 1.85 bits per heavy atom. The van der Waals surface area contributed by atoms with Crippen molar-refractivity contribution >= 4 is 23.1 Å². The highest BCUT2D eigenvalue weighted by atomic mass is 16.5. The first kappa shape index (κ1) is 23.2. The second-order valence-electron chi connectivity index (χ2n) is 8.63. The van der Waals surface area contributed by atoms with Crippen LogP contribution >= 0.6 is 0 Å². The third kappa shape index (κ3) is 4.19. The van der Waals surface area contributed by atoms with Crippen LogP contribution in [0.5, 0.6) is 5.75 Å². The number of nitrogens with zero attached hydrogens (tertiary/aromatic N) is 2. The van der Waals surface area contributed by atoms with Gasteiger partial charge in [0.05, 0.1) is 18.2 Å². The number of aromatic nitrogens is 1. The number of ether oxygens (including phenoxy) is 1. The van der Waals surface area contributed by atoms with Crippen molar-refractivity contribution < 1.29 is 19.4 Å². The Labute approximate surface area is 199 Å². The van der Waals surface area contributed by atoms with Gasteiger partial charge in [0.15, 0.2) is 0 Å². The number of hydrogen-bond donors (Lipinski definition) is 1. The van der Waals surface area contributed by atoms with Gasteiger partial charge in [0.1, 0.15) is 11.5 Å². The first-order chi connectivity index (χ1) is 16.3. The second kappa shape index (κ2) is 9.51. The summed E-state index contributed by atoms with van der Waals surface area (Å²) < 4.78 is 5.74. The molecule has 1 aromatic heterocycles. The van der Waals surface area contributed by atoms with E-state index in [9.17, 15) is 14.7 Å². The summed E-state index contributed by atoms with van der Waals surface area (Å²) >= 11 is 0. The molecule has 1 amide bonds. The molecule has 1 N–H and O–H groups in total. The number of carbonyl (C=O) groups excluding carboxylic acids is 2. The van der Waals surface area contributed by atoms with Crippen molar-refractivity contribution in [1.29, 1.82) is 0 Å². The van der Waals surface area contributed by atoms with E-state index in [1.807, 2.05) is 45.9 Å². The molecule has 6 nitrogen and oxygen atoms in total. The molecule has 174 valence electrons. The summed E-state index contributed by atoms with van der Waals surface area (Å²) in [5.41, 5.74) is 3.67. The van der Waals surface area contributed by atoms with Crippen molar-refractivity contribution in [3.8, 4) is 5.75 Å². The summed E-state index contributed by atoms with van der Waals surface area (Å²) in [4.78, 5) is 32.1. The van der Waals surface area contributed by atoms with E-state index in [1.54, 1.807) is 48.8 Å². The van der Waals surface area contributed by atoms with Crippen LogP contribution in [0.3, 0.4) is 0 Å². The molecule has 2 aromatic carbocycles. The maximum absolute atomic E-state index is 13.3. The molecular weight excluding hydrogens is 428 g/mol. The summed E-state index contributed by atoms with van der Waals surface area (Å²) in [5.74, 6) is -0.760. The van der Waals surface area contributed by atoms with Crippen LogP contribution in [0.2, 0.25) is 0 Å². The van der Waals surface area contributed by atoms with Crippen molar-refractivity contribution in [2.75, 3.05) is 11.5 Å². The zero-order chi connectivity index (χ0) is 24.4. The summed E-state index contributed by atoms with van der Waals surface area (Å²) in [6.45, 7) is 8.46. The molecule has 1 aliphatic rings. The molecule has 1 aliphatic heterocycles. The SMILES string of the molecule is CCOc1ccc(/C(O)=C2/C(=O)C(=O)N(c3ccc(C)cc3)C2c2cccnc2)cc1C(C)C. The number of aliphatic hydroxyl groups excluding tert-OH is 1. The molecule has 1 unspecified atom stereocenters. The largest absolute Gasteiger partial charge is 0.507 e. The quantitative estimate of drug-likeness (QED) is 0.299. The van der Waals surface area contributed by atoms with Gasteiger partial charge in [-0.05, 0) is 67.3 Å². The van der Waals surface area contributed by atoms with Gasteiger partial charge >= 0.3 is 0 Å². The average molecular weight is 457 g/mol. The predicted octanol–water partition coefficient (Wildman–Crippen LogP) is 5.54. The average Bonchev–Trinajstić information content (AvgIpc) is 3.10. The first-order valence-electron chi connectivity index (χ1n) is 11.4. The minimum Gasteiger partial charge on any atom is -0.507 e. The molecule has 1 fully saturated rings. The van der Waals surface area contributed by atoms with Crippen LogP contribution in [0.15, 0.2) is 72.6 Å². The predicted molar refractivity (Wildman–Crippen MR) is 132 cm³/mol. The lowest BCUT2D eigenvalue weighted by Crippen LogP contribution is -2.29. The number of pyridine rings is 1. The second-order valence-corrected chi connectivity index (χ2v) is 8.63. The van der Waals surface area contributed by atoms with E-state index in [4.69, 9.17) is 4.74 Å². The van der Waals surface area contributed by atoms with Gasteiger partial charge in [-0.1, -0.05) is 37.6 Å². The molecule has 1 atom stereocenters.